The molecule has 1 N–H and O–H groups in total. The van der Waals surface area contributed by atoms with Gasteiger partial charge in [-0.05, 0) is 6.42 Å². The number of hydrogen-bond donors (Lipinski definition) is 1. The Bertz CT molecular complexity index is 848. The van der Waals surface area contributed by atoms with Crippen LogP contribution in [0.4, 0.5) is 0 Å². The Morgan fingerprint density at radius 1 is 1.12 bits per heavy atom. The molecule has 0 radical (unpaired) electrons. The van der Waals surface area contributed by atoms with Gasteiger partial charge in [-0.15, -0.1) is 12.4 Å². The molecule has 3 heterocycles. The van der Waals surface area contributed by atoms with Crippen LogP contribution in [-0.4, -0.2) is 56.9 Å². The van der Waals surface area contributed by atoms with Gasteiger partial charge in [-0.2, -0.15) is 0 Å². The Labute approximate surface area is 158 Å². The van der Waals surface area contributed by atoms with Crippen molar-refractivity contribution in [3.63, 3.8) is 0 Å². The number of ether oxygens (including phenoxy) is 1. The first-order valence-corrected chi connectivity index (χ1v) is 9.06. The number of imidazole rings is 1. The maximum Gasteiger partial charge on any atom is 0.330 e. The van der Waals surface area contributed by atoms with Crippen LogP contribution in [0.2, 0.25) is 0 Å². The summed E-state index contributed by atoms with van der Waals surface area (Å²) in [5.41, 5.74) is 0.271. The standard InChI is InChI=1S/C17H27N5O3.ClH/c1-4-5-22-15-13(16(23)19-17(22)24)21(14(18-15)12(2)3)7-6-20-8-10-25-11-9-20;/h12H,4-11H2,1-3H3,(H,19,23,24);1H. The van der Waals surface area contributed by atoms with E-state index < -0.39 is 0 Å². The lowest BCUT2D eigenvalue weighted by atomic mass is 10.2. The summed E-state index contributed by atoms with van der Waals surface area (Å²) < 4.78 is 8.95. The lowest BCUT2D eigenvalue weighted by Crippen LogP contribution is -2.38. The van der Waals surface area contributed by atoms with Gasteiger partial charge in [0.25, 0.3) is 5.56 Å². The van der Waals surface area contributed by atoms with Gasteiger partial charge in [-0.1, -0.05) is 20.8 Å². The summed E-state index contributed by atoms with van der Waals surface area (Å²) in [6.45, 7) is 11.5. The van der Waals surface area contributed by atoms with Gasteiger partial charge in [0.15, 0.2) is 11.2 Å². The highest BCUT2D eigenvalue weighted by atomic mass is 35.5. The fraction of sp³-hybridized carbons (Fsp3) is 0.706. The number of aromatic amines is 1. The minimum Gasteiger partial charge on any atom is -0.379 e. The summed E-state index contributed by atoms with van der Waals surface area (Å²) in [6.07, 6.45) is 0.804. The molecule has 0 unspecified atom stereocenters. The van der Waals surface area contributed by atoms with Crippen molar-refractivity contribution >= 4 is 23.6 Å². The van der Waals surface area contributed by atoms with E-state index in [0.717, 1.165) is 45.1 Å². The average Bonchev–Trinajstić information content (AvgIpc) is 2.98. The van der Waals surface area contributed by atoms with E-state index >= 15 is 0 Å². The zero-order valence-corrected chi connectivity index (χ0v) is 16.5. The summed E-state index contributed by atoms with van der Waals surface area (Å²) in [5, 5.41) is 0. The first-order valence-electron chi connectivity index (χ1n) is 9.06. The molecule has 0 atom stereocenters. The molecular formula is C17H28ClN5O3. The van der Waals surface area contributed by atoms with Crippen LogP contribution >= 0.6 is 12.4 Å². The highest BCUT2D eigenvalue weighted by Gasteiger charge is 2.21. The minimum absolute atomic E-state index is 0. The van der Waals surface area contributed by atoms with Crippen molar-refractivity contribution in [2.75, 3.05) is 32.8 Å². The lowest BCUT2D eigenvalue weighted by Gasteiger charge is -2.27. The number of nitrogens with one attached hydrogen (secondary N) is 1. The fourth-order valence-corrected chi connectivity index (χ4v) is 3.35. The molecule has 0 bridgehead atoms. The molecule has 2 aromatic heterocycles. The van der Waals surface area contributed by atoms with Crippen LogP contribution in [-0.2, 0) is 17.8 Å². The quantitative estimate of drug-likeness (QED) is 0.806. The predicted octanol–water partition coefficient (Wildman–Crippen LogP) is 1.17. The Morgan fingerprint density at radius 3 is 2.42 bits per heavy atom. The maximum absolute atomic E-state index is 12.5. The number of halogens is 1. The maximum atomic E-state index is 12.5. The van der Waals surface area contributed by atoms with E-state index in [1.807, 2.05) is 11.5 Å². The van der Waals surface area contributed by atoms with Crippen molar-refractivity contribution in [2.24, 2.45) is 0 Å². The van der Waals surface area contributed by atoms with Crippen LogP contribution in [0.1, 0.15) is 38.9 Å². The third-order valence-electron chi connectivity index (χ3n) is 4.62. The van der Waals surface area contributed by atoms with Crippen LogP contribution in [0.3, 0.4) is 0 Å². The van der Waals surface area contributed by atoms with Crippen molar-refractivity contribution in [2.45, 2.75) is 46.2 Å². The Balaban J connectivity index is 0.00000243. The Kier molecular flexibility index (Phi) is 7.02. The summed E-state index contributed by atoms with van der Waals surface area (Å²) in [7, 11) is 0. The van der Waals surface area contributed by atoms with E-state index in [1.165, 1.54) is 0 Å². The molecule has 1 aliphatic heterocycles. The number of nitrogens with zero attached hydrogens (tertiary/aromatic N) is 4. The molecule has 9 heteroatoms. The molecule has 0 saturated carbocycles. The lowest BCUT2D eigenvalue weighted by molar-refractivity contribution is 0.0364. The van der Waals surface area contributed by atoms with E-state index in [9.17, 15) is 9.59 Å². The topological polar surface area (TPSA) is 85.2 Å². The van der Waals surface area contributed by atoms with E-state index in [0.29, 0.717) is 24.3 Å². The third kappa shape index (κ3) is 4.02. The summed E-state index contributed by atoms with van der Waals surface area (Å²) in [6, 6.07) is 0. The molecular weight excluding hydrogens is 358 g/mol. The molecule has 0 spiro atoms. The van der Waals surface area contributed by atoms with Crippen molar-refractivity contribution in [1.82, 2.24) is 24.0 Å². The van der Waals surface area contributed by atoms with Crippen LogP contribution in [0.15, 0.2) is 9.59 Å². The van der Waals surface area contributed by atoms with Gasteiger partial charge in [0.05, 0.1) is 13.2 Å². The highest BCUT2D eigenvalue weighted by molar-refractivity contribution is 5.85. The molecule has 1 aliphatic rings. The Morgan fingerprint density at radius 2 is 1.81 bits per heavy atom. The van der Waals surface area contributed by atoms with Gasteiger partial charge in [0, 0.05) is 38.6 Å². The van der Waals surface area contributed by atoms with Gasteiger partial charge >= 0.3 is 5.69 Å². The second kappa shape index (κ2) is 8.83. The molecule has 26 heavy (non-hydrogen) atoms. The second-order valence-electron chi connectivity index (χ2n) is 6.81. The molecule has 0 aromatic carbocycles. The van der Waals surface area contributed by atoms with Crippen molar-refractivity contribution in [3.05, 3.63) is 26.7 Å². The van der Waals surface area contributed by atoms with Crippen molar-refractivity contribution < 1.29 is 4.74 Å². The van der Waals surface area contributed by atoms with Crippen LogP contribution in [0.5, 0.6) is 0 Å². The highest BCUT2D eigenvalue weighted by Crippen LogP contribution is 2.19. The molecule has 0 aliphatic carbocycles. The number of fused-ring (bicyclic) bond motifs is 1. The summed E-state index contributed by atoms with van der Waals surface area (Å²) >= 11 is 0. The van der Waals surface area contributed by atoms with E-state index in [1.54, 1.807) is 4.57 Å². The molecule has 2 aromatic rings. The molecule has 0 amide bonds. The fourth-order valence-electron chi connectivity index (χ4n) is 3.35. The first kappa shape index (κ1) is 20.7. The van der Waals surface area contributed by atoms with E-state index in [-0.39, 0.29) is 29.6 Å². The Hall–Kier alpha value is -1.64. The van der Waals surface area contributed by atoms with Gasteiger partial charge in [0.2, 0.25) is 0 Å². The molecule has 3 rings (SSSR count). The predicted molar refractivity (Wildman–Crippen MR) is 104 cm³/mol. The van der Waals surface area contributed by atoms with Gasteiger partial charge in [-0.25, -0.2) is 9.78 Å². The number of H-pyrrole nitrogens is 1. The van der Waals surface area contributed by atoms with Crippen molar-refractivity contribution in [1.29, 1.82) is 0 Å². The zero-order valence-electron chi connectivity index (χ0n) is 15.7. The van der Waals surface area contributed by atoms with Gasteiger partial charge in [0.1, 0.15) is 5.82 Å². The van der Waals surface area contributed by atoms with Crippen LogP contribution in [0.25, 0.3) is 11.2 Å². The van der Waals surface area contributed by atoms with Crippen molar-refractivity contribution in [3.8, 4) is 0 Å². The van der Waals surface area contributed by atoms with Gasteiger partial charge in [-0.3, -0.25) is 19.2 Å². The number of morpholine rings is 1. The minimum atomic E-state index is -0.382. The average molecular weight is 386 g/mol. The van der Waals surface area contributed by atoms with Crippen LogP contribution < -0.4 is 11.2 Å². The number of aryl methyl sites for hydroxylation is 1. The third-order valence-corrected chi connectivity index (χ3v) is 4.62. The zero-order chi connectivity index (χ0) is 18.0. The summed E-state index contributed by atoms with van der Waals surface area (Å²) in [5.74, 6) is 1.02. The number of hydrogen-bond acceptors (Lipinski definition) is 5. The summed E-state index contributed by atoms with van der Waals surface area (Å²) in [4.78, 5) is 34.1. The number of rotatable bonds is 6. The monoisotopic (exact) mass is 385 g/mol. The normalized spacial score (nSPS) is 15.5. The number of aromatic nitrogens is 4. The molecule has 1 fully saturated rings. The first-order chi connectivity index (χ1) is 12.0. The van der Waals surface area contributed by atoms with Gasteiger partial charge < -0.3 is 9.30 Å². The smallest absolute Gasteiger partial charge is 0.330 e. The van der Waals surface area contributed by atoms with E-state index in [2.05, 4.69) is 28.7 Å². The van der Waals surface area contributed by atoms with E-state index in [4.69, 9.17) is 4.74 Å². The largest absolute Gasteiger partial charge is 0.379 e. The van der Waals surface area contributed by atoms with Crippen LogP contribution in [0, 0.1) is 0 Å². The molecule has 146 valence electrons. The molecule has 1 saturated heterocycles. The molecule has 8 nitrogen and oxygen atoms in total. The SMILES string of the molecule is CCCn1c(=O)[nH]c(=O)c2c1nc(C(C)C)n2CCN1CCOCC1.Cl. The second-order valence-corrected chi connectivity index (χ2v) is 6.81.